The summed E-state index contributed by atoms with van der Waals surface area (Å²) in [6, 6.07) is 13.3. The number of rotatable bonds is 10. The van der Waals surface area contributed by atoms with Crippen LogP contribution in [-0.4, -0.2) is 51.5 Å². The summed E-state index contributed by atoms with van der Waals surface area (Å²) in [6.45, 7) is 3.61. The highest BCUT2D eigenvalue weighted by Gasteiger charge is 2.45. The molecule has 3 aromatic rings. The molecule has 0 saturated carbocycles. The second-order valence-electron chi connectivity index (χ2n) is 8.29. The maximum atomic E-state index is 13.2. The number of methoxy groups -OCH3 is 1. The number of aryl methyl sites for hydroxylation is 1. The van der Waals surface area contributed by atoms with Gasteiger partial charge in [0, 0.05) is 31.0 Å². The molecule has 8 nitrogen and oxygen atoms in total. The zero-order chi connectivity index (χ0) is 24.8. The first kappa shape index (κ1) is 24.1. The van der Waals surface area contributed by atoms with Crippen LogP contribution in [0.1, 0.15) is 36.9 Å². The van der Waals surface area contributed by atoms with Crippen molar-refractivity contribution in [2.75, 3.05) is 20.3 Å². The van der Waals surface area contributed by atoms with Gasteiger partial charge in [0.05, 0.1) is 31.7 Å². The second kappa shape index (κ2) is 10.9. The van der Waals surface area contributed by atoms with Crippen molar-refractivity contribution in [3.8, 4) is 11.5 Å². The van der Waals surface area contributed by atoms with Crippen molar-refractivity contribution in [3.63, 3.8) is 0 Å². The Morgan fingerprint density at radius 2 is 1.74 bits per heavy atom. The average Bonchev–Trinajstić information content (AvgIpc) is 3.50. The Labute approximate surface area is 204 Å². The number of amides is 1. The van der Waals surface area contributed by atoms with E-state index in [-0.39, 0.29) is 11.3 Å². The van der Waals surface area contributed by atoms with E-state index in [9.17, 15) is 14.7 Å². The van der Waals surface area contributed by atoms with Crippen LogP contribution < -0.4 is 9.47 Å². The summed E-state index contributed by atoms with van der Waals surface area (Å²) < 4.78 is 12.8. The highest BCUT2D eigenvalue weighted by Crippen LogP contribution is 2.40. The first-order chi connectivity index (χ1) is 17.0. The number of carbonyl (C=O) groups is 2. The molecule has 0 bridgehead atoms. The predicted octanol–water partition coefficient (Wildman–Crippen LogP) is 4.19. The van der Waals surface area contributed by atoms with Crippen LogP contribution >= 0.6 is 0 Å². The van der Waals surface area contributed by atoms with Crippen molar-refractivity contribution in [1.82, 2.24) is 14.5 Å². The number of hydrogen-bond acceptors (Lipinski definition) is 6. The van der Waals surface area contributed by atoms with Crippen molar-refractivity contribution in [3.05, 3.63) is 84.0 Å². The molecule has 1 aromatic heterocycles. The molecule has 35 heavy (non-hydrogen) atoms. The number of likely N-dealkylation sites (tertiary alicyclic amines) is 1. The van der Waals surface area contributed by atoms with Gasteiger partial charge >= 0.3 is 0 Å². The molecule has 1 amide bonds. The summed E-state index contributed by atoms with van der Waals surface area (Å²) in [4.78, 5) is 31.8. The maximum absolute atomic E-state index is 13.2. The molecule has 8 heteroatoms. The summed E-state index contributed by atoms with van der Waals surface area (Å²) in [5, 5.41) is 11.2. The van der Waals surface area contributed by atoms with Crippen LogP contribution in [0.5, 0.6) is 11.5 Å². The smallest absolute Gasteiger partial charge is 0.295 e. The molecule has 1 aliphatic rings. The summed E-state index contributed by atoms with van der Waals surface area (Å²) in [5.41, 5.74) is 1.24. The topological polar surface area (TPSA) is 93.9 Å². The van der Waals surface area contributed by atoms with Gasteiger partial charge in [0.25, 0.3) is 11.7 Å². The first-order valence-corrected chi connectivity index (χ1v) is 11.6. The van der Waals surface area contributed by atoms with Gasteiger partial charge in [-0.15, -0.1) is 0 Å². The third kappa shape index (κ3) is 5.21. The van der Waals surface area contributed by atoms with Gasteiger partial charge in [0.15, 0.2) is 0 Å². The Morgan fingerprint density at radius 1 is 1.03 bits per heavy atom. The van der Waals surface area contributed by atoms with E-state index in [0.29, 0.717) is 43.2 Å². The van der Waals surface area contributed by atoms with E-state index in [2.05, 4.69) is 4.98 Å². The largest absolute Gasteiger partial charge is 0.507 e. The Hall–Kier alpha value is -4.07. The Morgan fingerprint density at radius 3 is 2.37 bits per heavy atom. The van der Waals surface area contributed by atoms with Crippen LogP contribution in [0.4, 0.5) is 0 Å². The number of hydrogen-bond donors (Lipinski definition) is 1. The number of carbonyl (C=O) groups excluding carboxylic acids is 2. The summed E-state index contributed by atoms with van der Waals surface area (Å²) in [6.07, 6.45) is 6.77. The SMILES string of the molecule is CCCOc1ccc(C(O)=C2C(=O)C(=O)N(CCCn3ccnc3)C2c2ccc(OC)cc2)cc1. The molecular weight excluding hydrogens is 446 g/mol. The molecule has 1 unspecified atom stereocenters. The van der Waals surface area contributed by atoms with Gasteiger partial charge in [0.2, 0.25) is 0 Å². The van der Waals surface area contributed by atoms with E-state index in [1.807, 2.05) is 29.8 Å². The lowest BCUT2D eigenvalue weighted by molar-refractivity contribution is -0.139. The van der Waals surface area contributed by atoms with E-state index in [1.54, 1.807) is 56.0 Å². The van der Waals surface area contributed by atoms with Crippen molar-refractivity contribution >= 4 is 17.4 Å². The van der Waals surface area contributed by atoms with Crippen LogP contribution in [0.3, 0.4) is 0 Å². The van der Waals surface area contributed by atoms with Gasteiger partial charge < -0.3 is 24.0 Å². The average molecular weight is 476 g/mol. The first-order valence-electron chi connectivity index (χ1n) is 11.6. The Balaban J connectivity index is 1.68. The fourth-order valence-electron chi connectivity index (χ4n) is 4.17. The van der Waals surface area contributed by atoms with Gasteiger partial charge in [-0.1, -0.05) is 19.1 Å². The van der Waals surface area contributed by atoms with E-state index < -0.39 is 17.7 Å². The number of imidazole rings is 1. The molecule has 1 aliphatic heterocycles. The van der Waals surface area contributed by atoms with Gasteiger partial charge in [-0.2, -0.15) is 0 Å². The molecule has 0 radical (unpaired) electrons. The molecule has 2 heterocycles. The molecule has 0 aliphatic carbocycles. The van der Waals surface area contributed by atoms with Crippen LogP contribution in [-0.2, 0) is 16.1 Å². The summed E-state index contributed by atoms with van der Waals surface area (Å²) in [5.74, 6) is -0.190. The zero-order valence-corrected chi connectivity index (χ0v) is 19.9. The van der Waals surface area contributed by atoms with Gasteiger partial charge in [-0.05, 0) is 54.8 Å². The molecule has 1 N–H and O–H groups in total. The number of benzene rings is 2. The lowest BCUT2D eigenvalue weighted by Crippen LogP contribution is -2.31. The molecule has 1 fully saturated rings. The third-order valence-electron chi connectivity index (χ3n) is 5.95. The minimum atomic E-state index is -0.709. The number of ketones is 1. The lowest BCUT2D eigenvalue weighted by atomic mass is 9.95. The summed E-state index contributed by atoms with van der Waals surface area (Å²) >= 11 is 0. The van der Waals surface area contributed by atoms with Gasteiger partial charge in [0.1, 0.15) is 17.3 Å². The number of nitrogens with zero attached hydrogens (tertiary/aromatic N) is 3. The zero-order valence-electron chi connectivity index (χ0n) is 19.9. The van der Waals surface area contributed by atoms with E-state index in [1.165, 1.54) is 4.90 Å². The number of aliphatic hydroxyl groups excluding tert-OH is 1. The fourth-order valence-corrected chi connectivity index (χ4v) is 4.17. The second-order valence-corrected chi connectivity index (χ2v) is 8.29. The van der Waals surface area contributed by atoms with E-state index in [4.69, 9.17) is 9.47 Å². The molecule has 0 spiro atoms. The Bertz CT molecular complexity index is 1180. The monoisotopic (exact) mass is 475 g/mol. The highest BCUT2D eigenvalue weighted by atomic mass is 16.5. The molecule has 182 valence electrons. The van der Waals surface area contributed by atoms with E-state index >= 15 is 0 Å². The standard InChI is InChI=1S/C27H29N3O5/c1-3-17-35-22-11-7-20(8-12-22)25(31)23-24(19-5-9-21(34-2)10-6-19)30(27(33)26(23)32)15-4-14-29-16-13-28-18-29/h5-13,16,18,24,31H,3-4,14-15,17H2,1-2H3. The van der Waals surface area contributed by atoms with Crippen LogP contribution in [0.2, 0.25) is 0 Å². The van der Waals surface area contributed by atoms with Crippen molar-refractivity contribution in [1.29, 1.82) is 0 Å². The van der Waals surface area contributed by atoms with Gasteiger partial charge in [-0.25, -0.2) is 4.98 Å². The van der Waals surface area contributed by atoms with Crippen LogP contribution in [0.25, 0.3) is 5.76 Å². The van der Waals surface area contributed by atoms with Crippen LogP contribution in [0, 0.1) is 0 Å². The Kier molecular flexibility index (Phi) is 7.50. The minimum absolute atomic E-state index is 0.0741. The van der Waals surface area contributed by atoms with E-state index in [0.717, 1.165) is 12.0 Å². The quantitative estimate of drug-likeness (QED) is 0.268. The number of aromatic nitrogens is 2. The molecule has 4 rings (SSSR count). The number of aliphatic hydroxyl groups is 1. The van der Waals surface area contributed by atoms with Crippen LogP contribution in [0.15, 0.2) is 72.8 Å². The fraction of sp³-hybridized carbons (Fsp3) is 0.296. The third-order valence-corrected chi connectivity index (χ3v) is 5.95. The van der Waals surface area contributed by atoms with Crippen molar-refractivity contribution in [2.24, 2.45) is 0 Å². The van der Waals surface area contributed by atoms with Crippen molar-refractivity contribution < 1.29 is 24.2 Å². The number of Topliss-reactive ketones (excluding diaryl/α,β-unsaturated/α-hetero) is 1. The maximum Gasteiger partial charge on any atom is 0.295 e. The molecule has 2 aromatic carbocycles. The highest BCUT2D eigenvalue weighted by molar-refractivity contribution is 6.46. The molecular formula is C27H29N3O5. The van der Waals surface area contributed by atoms with Crippen molar-refractivity contribution in [2.45, 2.75) is 32.4 Å². The normalized spacial score (nSPS) is 17.1. The van der Waals surface area contributed by atoms with Gasteiger partial charge in [-0.3, -0.25) is 9.59 Å². The minimum Gasteiger partial charge on any atom is -0.507 e. The summed E-state index contributed by atoms with van der Waals surface area (Å²) in [7, 11) is 1.57. The lowest BCUT2D eigenvalue weighted by Gasteiger charge is -2.25. The number of ether oxygens (including phenoxy) is 2. The molecule has 1 saturated heterocycles. The predicted molar refractivity (Wildman–Crippen MR) is 131 cm³/mol. The molecule has 1 atom stereocenters.